The van der Waals surface area contributed by atoms with E-state index in [0.717, 1.165) is 35.8 Å². The highest BCUT2D eigenvalue weighted by molar-refractivity contribution is 8.03. The molecular weight excluding hydrogens is 414 g/mol. The predicted molar refractivity (Wildman–Crippen MR) is 119 cm³/mol. The second-order valence-corrected chi connectivity index (χ2v) is 8.23. The quantitative estimate of drug-likeness (QED) is 0.615. The number of aromatic nitrogens is 3. The van der Waals surface area contributed by atoms with E-state index in [2.05, 4.69) is 20.3 Å². The summed E-state index contributed by atoms with van der Waals surface area (Å²) in [6.07, 6.45) is 1.92. The number of Topliss-reactive ketones (excluding diaryl/α,β-unsaturated/α-hetero) is 1. The van der Waals surface area contributed by atoms with Gasteiger partial charge in [0.1, 0.15) is 5.82 Å². The Hall–Kier alpha value is -3.17. The third-order valence-electron chi connectivity index (χ3n) is 5.28. The molecule has 1 fully saturated rings. The lowest BCUT2D eigenvalue weighted by Crippen LogP contribution is -2.37. The fourth-order valence-corrected chi connectivity index (χ4v) is 4.38. The summed E-state index contributed by atoms with van der Waals surface area (Å²) in [4.78, 5) is 31.3. The largest absolute Gasteiger partial charge is 0.378 e. The summed E-state index contributed by atoms with van der Waals surface area (Å²) in [5, 5.41) is 9.17. The number of ketones is 1. The van der Waals surface area contributed by atoms with Crippen molar-refractivity contribution in [2.45, 2.75) is 6.42 Å². The van der Waals surface area contributed by atoms with Crippen molar-refractivity contribution in [3.8, 4) is 0 Å². The van der Waals surface area contributed by atoms with Gasteiger partial charge in [0.2, 0.25) is 5.91 Å². The Bertz CT molecular complexity index is 1170. The number of thioether (sulfide) groups is 1. The zero-order valence-electron chi connectivity index (χ0n) is 16.8. The molecule has 0 radical (unpaired) electrons. The first-order valence-corrected chi connectivity index (χ1v) is 11.1. The average molecular weight is 436 g/mol. The number of anilines is 1. The lowest BCUT2D eigenvalue weighted by atomic mass is 10.0. The van der Waals surface area contributed by atoms with Gasteiger partial charge in [0.15, 0.2) is 11.4 Å². The second kappa shape index (κ2) is 8.52. The van der Waals surface area contributed by atoms with Crippen LogP contribution in [0.5, 0.6) is 0 Å². The van der Waals surface area contributed by atoms with Crippen LogP contribution in [0.3, 0.4) is 0 Å². The molecule has 1 amide bonds. The Labute approximate surface area is 183 Å². The number of rotatable bonds is 5. The van der Waals surface area contributed by atoms with E-state index in [0.29, 0.717) is 30.2 Å². The molecule has 158 valence electrons. The molecule has 0 saturated carbocycles. The summed E-state index contributed by atoms with van der Waals surface area (Å²) < 4.78 is 7.26. The lowest BCUT2D eigenvalue weighted by molar-refractivity contribution is -0.117. The Kier molecular flexibility index (Phi) is 5.44. The molecule has 2 aliphatic rings. The van der Waals surface area contributed by atoms with Gasteiger partial charge in [-0.15, -0.1) is 11.8 Å². The maximum absolute atomic E-state index is 12.9. The first kappa shape index (κ1) is 19.8. The molecule has 1 saturated heterocycles. The van der Waals surface area contributed by atoms with E-state index < -0.39 is 0 Å². The summed E-state index contributed by atoms with van der Waals surface area (Å²) in [6.45, 7) is 2.89. The van der Waals surface area contributed by atoms with Crippen molar-refractivity contribution in [2.75, 3.05) is 37.0 Å². The highest BCUT2D eigenvalue weighted by Gasteiger charge is 2.18. The first-order valence-electron chi connectivity index (χ1n) is 10.1. The number of carbonyl (C=O) groups excluding carboxylic acids is 2. The van der Waals surface area contributed by atoms with Crippen LogP contribution < -0.4 is 10.2 Å². The first-order chi connectivity index (χ1) is 15.2. The molecule has 0 atom stereocenters. The number of amides is 1. The summed E-state index contributed by atoms with van der Waals surface area (Å²) >= 11 is 1.46. The molecule has 8 nitrogen and oxygen atoms in total. The van der Waals surface area contributed by atoms with Crippen molar-refractivity contribution in [1.82, 2.24) is 19.9 Å². The number of morpholine rings is 1. The molecule has 2 aromatic heterocycles. The standard InChI is InChI=1S/C22H21N5O3S/c28-19(16-3-1-15(2-4-16)18-13-31-14-21(29)25-18)11-17-12-22(26-7-9-30-10-8-26)27-20(24-17)5-6-23-27/h1-6,12-13H,7-11,14H2,(H,25,29). The highest BCUT2D eigenvalue weighted by atomic mass is 32.2. The molecule has 0 aliphatic carbocycles. The number of carbonyl (C=O) groups is 2. The van der Waals surface area contributed by atoms with Gasteiger partial charge in [-0.2, -0.15) is 9.61 Å². The van der Waals surface area contributed by atoms with Crippen LogP contribution in [0.4, 0.5) is 5.82 Å². The van der Waals surface area contributed by atoms with E-state index >= 15 is 0 Å². The van der Waals surface area contributed by atoms with Gasteiger partial charge >= 0.3 is 0 Å². The van der Waals surface area contributed by atoms with Crippen LogP contribution in [-0.2, 0) is 16.0 Å². The number of benzene rings is 1. The van der Waals surface area contributed by atoms with Crippen molar-refractivity contribution in [2.24, 2.45) is 0 Å². The monoisotopic (exact) mass is 435 g/mol. The fraction of sp³-hybridized carbons (Fsp3) is 0.273. The number of fused-ring (bicyclic) bond motifs is 1. The Morgan fingerprint density at radius 2 is 1.97 bits per heavy atom. The molecule has 4 heterocycles. The van der Waals surface area contributed by atoms with Crippen molar-refractivity contribution in [3.63, 3.8) is 0 Å². The van der Waals surface area contributed by atoms with Crippen molar-refractivity contribution >= 4 is 40.6 Å². The van der Waals surface area contributed by atoms with E-state index in [-0.39, 0.29) is 18.1 Å². The fourth-order valence-electron chi connectivity index (χ4n) is 3.71. The Balaban J connectivity index is 1.36. The second-order valence-electron chi connectivity index (χ2n) is 7.37. The van der Waals surface area contributed by atoms with Gasteiger partial charge in [-0.3, -0.25) is 9.59 Å². The number of nitrogens with zero attached hydrogens (tertiary/aromatic N) is 4. The molecule has 31 heavy (non-hydrogen) atoms. The molecule has 0 unspecified atom stereocenters. The van der Waals surface area contributed by atoms with Gasteiger partial charge in [0.05, 0.1) is 43.0 Å². The average Bonchev–Trinajstić information content (AvgIpc) is 3.28. The van der Waals surface area contributed by atoms with Crippen LogP contribution >= 0.6 is 11.8 Å². The molecule has 9 heteroatoms. The summed E-state index contributed by atoms with van der Waals surface area (Å²) in [5.74, 6) is 1.34. The number of hydrogen-bond acceptors (Lipinski definition) is 7. The normalized spacial score (nSPS) is 16.8. The minimum absolute atomic E-state index is 0.00752. The van der Waals surface area contributed by atoms with Gasteiger partial charge in [-0.05, 0) is 11.0 Å². The van der Waals surface area contributed by atoms with Gasteiger partial charge in [0, 0.05) is 30.8 Å². The topological polar surface area (TPSA) is 88.8 Å². The Morgan fingerprint density at radius 1 is 1.16 bits per heavy atom. The number of hydrogen-bond donors (Lipinski definition) is 1. The van der Waals surface area contributed by atoms with Crippen molar-refractivity contribution < 1.29 is 14.3 Å². The molecule has 2 aliphatic heterocycles. The maximum Gasteiger partial charge on any atom is 0.234 e. The molecule has 5 rings (SSSR count). The summed E-state index contributed by atoms with van der Waals surface area (Å²) in [5.41, 5.74) is 3.69. The minimum Gasteiger partial charge on any atom is -0.378 e. The van der Waals surface area contributed by atoms with Gasteiger partial charge in [-0.25, -0.2) is 4.98 Å². The van der Waals surface area contributed by atoms with E-state index in [4.69, 9.17) is 4.74 Å². The molecule has 1 N–H and O–H groups in total. The molecule has 1 aromatic carbocycles. The third kappa shape index (κ3) is 4.19. The van der Waals surface area contributed by atoms with Gasteiger partial charge < -0.3 is 15.0 Å². The predicted octanol–water partition coefficient (Wildman–Crippen LogP) is 2.15. The van der Waals surface area contributed by atoms with Crippen LogP contribution in [0, 0.1) is 0 Å². The van der Waals surface area contributed by atoms with Crippen LogP contribution in [0.15, 0.2) is 48.0 Å². The number of ether oxygens (including phenoxy) is 1. The highest BCUT2D eigenvalue weighted by Crippen LogP contribution is 2.22. The molecular formula is C22H21N5O3S. The van der Waals surface area contributed by atoms with Crippen molar-refractivity contribution in [3.05, 3.63) is 64.8 Å². The SMILES string of the molecule is O=C1CSC=C(c2ccc(C(=O)Cc3cc(N4CCOCC4)n4nccc4n3)cc2)N1. The van der Waals surface area contributed by atoms with Crippen LogP contribution in [0.25, 0.3) is 11.3 Å². The summed E-state index contributed by atoms with van der Waals surface area (Å²) in [7, 11) is 0. The van der Waals surface area contributed by atoms with E-state index in [9.17, 15) is 9.59 Å². The van der Waals surface area contributed by atoms with Crippen LogP contribution in [0.2, 0.25) is 0 Å². The maximum atomic E-state index is 12.9. The molecule has 0 spiro atoms. The van der Waals surface area contributed by atoms with Gasteiger partial charge in [-0.1, -0.05) is 24.3 Å². The zero-order chi connectivity index (χ0) is 21.2. The Morgan fingerprint density at radius 3 is 2.74 bits per heavy atom. The zero-order valence-corrected chi connectivity index (χ0v) is 17.6. The van der Waals surface area contributed by atoms with Crippen molar-refractivity contribution in [1.29, 1.82) is 0 Å². The smallest absolute Gasteiger partial charge is 0.234 e. The number of nitrogens with one attached hydrogen (secondary N) is 1. The van der Waals surface area contributed by atoms with E-state index in [1.807, 2.05) is 29.7 Å². The third-order valence-corrected chi connectivity index (χ3v) is 6.11. The van der Waals surface area contributed by atoms with Crippen LogP contribution in [-0.4, -0.2) is 58.3 Å². The lowest BCUT2D eigenvalue weighted by Gasteiger charge is -2.29. The van der Waals surface area contributed by atoms with Gasteiger partial charge in [0.25, 0.3) is 0 Å². The van der Waals surface area contributed by atoms with E-state index in [1.165, 1.54) is 11.8 Å². The summed E-state index contributed by atoms with van der Waals surface area (Å²) in [6, 6.07) is 11.1. The van der Waals surface area contributed by atoms with Crippen LogP contribution in [0.1, 0.15) is 21.6 Å². The molecule has 3 aromatic rings. The minimum atomic E-state index is -0.0138. The van der Waals surface area contributed by atoms with E-state index in [1.54, 1.807) is 22.8 Å². The molecule has 0 bridgehead atoms.